The Morgan fingerprint density at radius 2 is 1.83 bits per heavy atom. The summed E-state index contributed by atoms with van der Waals surface area (Å²) in [5.41, 5.74) is 21.8. The maximum absolute atomic E-state index is 11.6. The lowest BCUT2D eigenvalue weighted by atomic mass is 10.1. The van der Waals surface area contributed by atoms with Crippen LogP contribution in [0.1, 0.15) is 28.0 Å². The van der Waals surface area contributed by atoms with Gasteiger partial charge < -0.3 is 26.9 Å². The van der Waals surface area contributed by atoms with E-state index in [2.05, 4.69) is 0 Å². The summed E-state index contributed by atoms with van der Waals surface area (Å²) < 4.78 is 1.93. The molecule has 0 aliphatic carbocycles. The van der Waals surface area contributed by atoms with Crippen LogP contribution in [0.25, 0.3) is 16.9 Å². The summed E-state index contributed by atoms with van der Waals surface area (Å²) in [5.74, 6) is -1.44. The first-order chi connectivity index (χ1) is 13.8. The number of benzene rings is 2. The highest BCUT2D eigenvalue weighted by Gasteiger charge is 2.17. The normalized spacial score (nSPS) is 10.8. The molecular weight excluding hydrogens is 392 g/mol. The lowest BCUT2D eigenvalue weighted by molar-refractivity contribution is -0.136. The molecular formula is C21H21ClN4O3. The number of hydrogen-bond acceptors (Lipinski definition) is 4. The van der Waals surface area contributed by atoms with Crippen LogP contribution < -0.4 is 17.2 Å². The van der Waals surface area contributed by atoms with Crippen molar-refractivity contribution in [2.24, 2.45) is 11.5 Å². The second-order valence-corrected chi connectivity index (χ2v) is 6.99. The molecule has 1 heterocycles. The average Bonchev–Trinajstić information content (AvgIpc) is 3.11. The number of nitrogens with zero attached hydrogens (tertiary/aromatic N) is 1. The summed E-state index contributed by atoms with van der Waals surface area (Å²) in [7, 11) is 0. The maximum Gasteiger partial charge on any atom is 0.303 e. The number of nitrogen functional groups attached to an aromatic ring is 1. The van der Waals surface area contributed by atoms with Gasteiger partial charge in [0, 0.05) is 23.4 Å². The van der Waals surface area contributed by atoms with Gasteiger partial charge in [0.15, 0.2) is 0 Å². The number of primary amides is 1. The highest BCUT2D eigenvalue weighted by Crippen LogP contribution is 2.32. The average molecular weight is 413 g/mol. The van der Waals surface area contributed by atoms with E-state index >= 15 is 0 Å². The van der Waals surface area contributed by atoms with Crippen LogP contribution in [-0.4, -0.2) is 21.6 Å². The molecule has 1 aromatic heterocycles. The first kappa shape index (κ1) is 20.4. The van der Waals surface area contributed by atoms with Gasteiger partial charge in [-0.3, -0.25) is 9.59 Å². The number of aliphatic carboxylic acids is 1. The molecule has 8 heteroatoms. The van der Waals surface area contributed by atoms with Gasteiger partial charge >= 0.3 is 5.97 Å². The van der Waals surface area contributed by atoms with Crippen LogP contribution >= 0.6 is 11.6 Å². The lowest BCUT2D eigenvalue weighted by Crippen LogP contribution is -2.14. The number of aryl methyl sites for hydroxylation is 1. The monoisotopic (exact) mass is 412 g/mol. The van der Waals surface area contributed by atoms with Crippen molar-refractivity contribution >= 4 is 29.2 Å². The predicted octanol–water partition coefficient (Wildman–Crippen LogP) is 2.95. The van der Waals surface area contributed by atoms with Crippen molar-refractivity contribution in [1.29, 1.82) is 0 Å². The number of anilines is 1. The number of carboxylic acid groups (broad SMARTS) is 1. The van der Waals surface area contributed by atoms with Crippen molar-refractivity contribution in [2.75, 3.05) is 5.73 Å². The third kappa shape index (κ3) is 4.26. The Kier molecular flexibility index (Phi) is 5.91. The number of rotatable bonds is 7. The summed E-state index contributed by atoms with van der Waals surface area (Å²) in [6.45, 7) is 0.176. The van der Waals surface area contributed by atoms with Gasteiger partial charge in [0.05, 0.1) is 28.5 Å². The summed E-state index contributed by atoms with van der Waals surface area (Å²) in [6.07, 6.45) is 0.295. The number of aromatic nitrogens is 1. The smallest absolute Gasteiger partial charge is 0.303 e. The molecule has 0 fully saturated rings. The van der Waals surface area contributed by atoms with E-state index in [1.165, 1.54) is 0 Å². The van der Waals surface area contributed by atoms with Crippen molar-refractivity contribution in [3.8, 4) is 16.9 Å². The largest absolute Gasteiger partial charge is 0.481 e. The topological polar surface area (TPSA) is 137 Å². The highest BCUT2D eigenvalue weighted by molar-refractivity contribution is 6.33. The molecule has 0 unspecified atom stereocenters. The number of carbonyl (C=O) groups is 2. The van der Waals surface area contributed by atoms with Gasteiger partial charge in [-0.05, 0) is 54.4 Å². The van der Waals surface area contributed by atoms with Gasteiger partial charge in [0.2, 0.25) is 5.91 Å². The highest BCUT2D eigenvalue weighted by atomic mass is 35.5. The van der Waals surface area contributed by atoms with Crippen LogP contribution in [0, 0.1) is 0 Å². The zero-order chi connectivity index (χ0) is 21.1. The molecule has 7 nitrogen and oxygen atoms in total. The third-order valence-electron chi connectivity index (χ3n) is 4.68. The number of halogens is 1. The SMILES string of the molecule is NCc1cc(C(N)=O)ccc1-n1c(CCC(=O)O)ccc1-c1ccc(N)c(Cl)c1. The molecule has 0 aliphatic heterocycles. The van der Waals surface area contributed by atoms with Gasteiger partial charge in [-0.15, -0.1) is 0 Å². The van der Waals surface area contributed by atoms with Crippen molar-refractivity contribution < 1.29 is 14.7 Å². The molecule has 3 aromatic rings. The fraction of sp³-hybridized carbons (Fsp3) is 0.143. The zero-order valence-corrected chi connectivity index (χ0v) is 16.3. The summed E-state index contributed by atoms with van der Waals surface area (Å²) in [5, 5.41) is 9.53. The second kappa shape index (κ2) is 8.38. The van der Waals surface area contributed by atoms with E-state index in [4.69, 9.17) is 33.9 Å². The van der Waals surface area contributed by atoms with Crippen LogP contribution in [0.5, 0.6) is 0 Å². The molecule has 0 aliphatic rings. The number of carbonyl (C=O) groups excluding carboxylic acids is 1. The quantitative estimate of drug-likeness (QED) is 0.442. The van der Waals surface area contributed by atoms with Crippen LogP contribution in [0.4, 0.5) is 5.69 Å². The molecule has 0 atom stereocenters. The maximum atomic E-state index is 11.6. The lowest BCUT2D eigenvalue weighted by Gasteiger charge is -2.18. The second-order valence-electron chi connectivity index (χ2n) is 6.59. The predicted molar refractivity (Wildman–Crippen MR) is 113 cm³/mol. The molecule has 3 rings (SSSR count). The number of amides is 1. The molecule has 0 spiro atoms. The molecule has 1 amide bonds. The van der Waals surface area contributed by atoms with Gasteiger partial charge in [0.1, 0.15) is 0 Å². The Morgan fingerprint density at radius 3 is 2.45 bits per heavy atom. The Labute approximate surface area is 172 Å². The van der Waals surface area contributed by atoms with Crippen molar-refractivity contribution in [3.63, 3.8) is 0 Å². The Bertz CT molecular complexity index is 1090. The van der Waals surface area contributed by atoms with E-state index in [9.17, 15) is 9.59 Å². The van der Waals surface area contributed by atoms with Gasteiger partial charge in [-0.1, -0.05) is 17.7 Å². The van der Waals surface area contributed by atoms with E-state index in [1.54, 1.807) is 30.3 Å². The van der Waals surface area contributed by atoms with Gasteiger partial charge in [-0.25, -0.2) is 0 Å². The van der Waals surface area contributed by atoms with Gasteiger partial charge in [-0.2, -0.15) is 0 Å². The first-order valence-electron chi connectivity index (χ1n) is 8.92. The van der Waals surface area contributed by atoms with Crippen molar-refractivity contribution in [3.05, 3.63) is 70.4 Å². The van der Waals surface area contributed by atoms with E-state index in [0.717, 1.165) is 22.6 Å². The van der Waals surface area contributed by atoms with Crippen LogP contribution in [0.15, 0.2) is 48.5 Å². The standard InChI is InChI=1S/C21H21ClN4O3/c22-16-10-12(1-5-17(16)24)18-7-3-15(4-8-20(27)28)26(18)19-6-2-13(21(25)29)9-14(19)11-23/h1-3,5-7,9-10H,4,8,11,23-24H2,(H2,25,29)(H,27,28). The molecule has 2 aromatic carbocycles. The van der Waals surface area contributed by atoms with E-state index < -0.39 is 11.9 Å². The Hall–Kier alpha value is -3.29. The Balaban J connectivity index is 2.21. The molecule has 0 bridgehead atoms. The first-order valence-corrected chi connectivity index (χ1v) is 9.30. The molecule has 0 radical (unpaired) electrons. The van der Waals surface area contributed by atoms with E-state index in [-0.39, 0.29) is 13.0 Å². The number of nitrogens with two attached hydrogens (primary N) is 3. The molecule has 7 N–H and O–H groups in total. The summed E-state index contributed by atoms with van der Waals surface area (Å²) >= 11 is 6.20. The summed E-state index contributed by atoms with van der Waals surface area (Å²) in [4.78, 5) is 22.7. The minimum atomic E-state index is -0.891. The molecule has 150 valence electrons. The van der Waals surface area contributed by atoms with Crippen molar-refractivity contribution in [1.82, 2.24) is 4.57 Å². The Morgan fingerprint density at radius 1 is 1.07 bits per heavy atom. The van der Waals surface area contributed by atoms with E-state index in [0.29, 0.717) is 28.3 Å². The fourth-order valence-electron chi connectivity index (χ4n) is 3.23. The van der Waals surface area contributed by atoms with Crippen LogP contribution in [0.3, 0.4) is 0 Å². The minimum absolute atomic E-state index is 0.0245. The zero-order valence-electron chi connectivity index (χ0n) is 15.6. The fourth-order valence-corrected chi connectivity index (χ4v) is 3.41. The molecule has 0 saturated heterocycles. The molecule has 29 heavy (non-hydrogen) atoms. The number of hydrogen-bond donors (Lipinski definition) is 4. The minimum Gasteiger partial charge on any atom is -0.481 e. The molecule has 0 saturated carbocycles. The van der Waals surface area contributed by atoms with E-state index in [1.807, 2.05) is 22.8 Å². The van der Waals surface area contributed by atoms with Crippen molar-refractivity contribution in [2.45, 2.75) is 19.4 Å². The van der Waals surface area contributed by atoms with Gasteiger partial charge in [0.25, 0.3) is 0 Å². The van der Waals surface area contributed by atoms with Crippen LogP contribution in [-0.2, 0) is 17.8 Å². The third-order valence-corrected chi connectivity index (χ3v) is 5.01. The number of carboxylic acids is 1. The summed E-state index contributed by atoms with van der Waals surface area (Å²) in [6, 6.07) is 14.1. The van der Waals surface area contributed by atoms with Crippen LogP contribution in [0.2, 0.25) is 5.02 Å².